The molecule has 0 aliphatic carbocycles. The van der Waals surface area contributed by atoms with Crippen molar-refractivity contribution < 1.29 is 13.9 Å². The van der Waals surface area contributed by atoms with E-state index in [2.05, 4.69) is 0 Å². The summed E-state index contributed by atoms with van der Waals surface area (Å²) in [4.78, 5) is 0. The second-order valence-electron chi connectivity index (χ2n) is 4.01. The van der Waals surface area contributed by atoms with Gasteiger partial charge in [-0.1, -0.05) is 6.07 Å². The largest absolute Gasteiger partial charge is 0.507 e. The second-order valence-corrected chi connectivity index (χ2v) is 4.01. The Labute approximate surface area is 116 Å². The van der Waals surface area contributed by atoms with Gasteiger partial charge in [0.1, 0.15) is 17.4 Å². The molecule has 0 saturated carbocycles. The lowest BCUT2D eigenvalue weighted by molar-refractivity contribution is 0.476. The Bertz CT molecular complexity index is 575. The maximum absolute atomic E-state index is 13.7. The van der Waals surface area contributed by atoms with Crippen LogP contribution in [0.25, 0.3) is 11.1 Å². The normalized spacial score (nSPS) is 10.1. The SMILES string of the molecule is Cl.NCCc1ccc(O)c(-c2cc(F)ccc2F)c1. The molecule has 0 bridgehead atoms. The Morgan fingerprint density at radius 3 is 2.42 bits per heavy atom. The highest BCUT2D eigenvalue weighted by Crippen LogP contribution is 2.32. The van der Waals surface area contributed by atoms with Gasteiger partial charge in [-0.05, 0) is 48.9 Å². The Morgan fingerprint density at radius 1 is 1.00 bits per heavy atom. The number of aromatic hydroxyl groups is 1. The van der Waals surface area contributed by atoms with E-state index < -0.39 is 11.6 Å². The highest BCUT2D eigenvalue weighted by atomic mass is 35.5. The molecule has 0 atom stereocenters. The van der Waals surface area contributed by atoms with Crippen LogP contribution in [0, 0.1) is 11.6 Å². The summed E-state index contributed by atoms with van der Waals surface area (Å²) >= 11 is 0. The number of hydrogen-bond donors (Lipinski definition) is 2. The summed E-state index contributed by atoms with van der Waals surface area (Å²) in [6.45, 7) is 0.454. The third kappa shape index (κ3) is 3.43. The first-order valence-corrected chi connectivity index (χ1v) is 5.59. The fourth-order valence-electron chi connectivity index (χ4n) is 1.82. The Morgan fingerprint density at radius 2 is 1.74 bits per heavy atom. The van der Waals surface area contributed by atoms with E-state index in [-0.39, 0.29) is 29.3 Å². The average molecular weight is 286 g/mol. The number of phenolic OH excluding ortho intramolecular Hbond substituents is 1. The standard InChI is InChI=1S/C14H13F2NO.ClH/c15-10-2-3-13(16)11(8-10)12-7-9(5-6-17)1-4-14(12)18;/h1-4,7-8,18H,5-6,17H2;1H. The topological polar surface area (TPSA) is 46.2 Å². The number of rotatable bonds is 3. The number of hydrogen-bond acceptors (Lipinski definition) is 2. The number of nitrogens with two attached hydrogens (primary N) is 1. The van der Waals surface area contributed by atoms with E-state index in [1.807, 2.05) is 0 Å². The third-order valence-corrected chi connectivity index (χ3v) is 2.71. The van der Waals surface area contributed by atoms with E-state index in [1.54, 1.807) is 12.1 Å². The molecule has 3 N–H and O–H groups in total. The summed E-state index contributed by atoms with van der Waals surface area (Å²) in [5.74, 6) is -1.20. The van der Waals surface area contributed by atoms with Gasteiger partial charge in [-0.15, -0.1) is 12.4 Å². The zero-order valence-electron chi connectivity index (χ0n) is 10.1. The van der Waals surface area contributed by atoms with Crippen molar-refractivity contribution in [3.05, 3.63) is 53.6 Å². The highest BCUT2D eigenvalue weighted by molar-refractivity contribution is 5.85. The Kier molecular flexibility index (Phi) is 5.27. The van der Waals surface area contributed by atoms with Crippen molar-refractivity contribution in [2.45, 2.75) is 6.42 Å². The molecule has 102 valence electrons. The number of halogens is 3. The zero-order chi connectivity index (χ0) is 13.1. The molecule has 0 heterocycles. The van der Waals surface area contributed by atoms with Crippen LogP contribution < -0.4 is 5.73 Å². The Balaban J connectivity index is 0.00000180. The minimum Gasteiger partial charge on any atom is -0.507 e. The van der Waals surface area contributed by atoms with Gasteiger partial charge in [0, 0.05) is 11.1 Å². The summed E-state index contributed by atoms with van der Waals surface area (Å²) in [5, 5.41) is 9.75. The van der Waals surface area contributed by atoms with Crippen LogP contribution in [-0.4, -0.2) is 11.7 Å². The molecule has 0 spiro atoms. The van der Waals surface area contributed by atoms with Gasteiger partial charge >= 0.3 is 0 Å². The van der Waals surface area contributed by atoms with Gasteiger partial charge in [0.15, 0.2) is 0 Å². The highest BCUT2D eigenvalue weighted by Gasteiger charge is 2.11. The molecule has 0 aliphatic rings. The molecule has 0 aromatic heterocycles. The van der Waals surface area contributed by atoms with Crippen LogP contribution in [0.15, 0.2) is 36.4 Å². The van der Waals surface area contributed by atoms with Crippen molar-refractivity contribution in [1.82, 2.24) is 0 Å². The van der Waals surface area contributed by atoms with Crippen molar-refractivity contribution in [3.63, 3.8) is 0 Å². The van der Waals surface area contributed by atoms with Gasteiger partial charge in [-0.3, -0.25) is 0 Å². The monoisotopic (exact) mass is 285 g/mol. The summed E-state index contributed by atoms with van der Waals surface area (Å²) in [6, 6.07) is 7.95. The second kappa shape index (κ2) is 6.50. The van der Waals surface area contributed by atoms with Crippen molar-refractivity contribution in [2.75, 3.05) is 6.54 Å². The molecule has 2 aromatic carbocycles. The predicted octanol–water partition coefficient (Wildman–Crippen LogP) is 3.26. The number of phenols is 1. The minimum absolute atomic E-state index is 0. The van der Waals surface area contributed by atoms with Crippen LogP contribution in [0.4, 0.5) is 8.78 Å². The maximum Gasteiger partial charge on any atom is 0.131 e. The zero-order valence-corrected chi connectivity index (χ0v) is 10.9. The molecule has 19 heavy (non-hydrogen) atoms. The molecule has 0 radical (unpaired) electrons. The smallest absolute Gasteiger partial charge is 0.131 e. The fourth-order valence-corrected chi connectivity index (χ4v) is 1.82. The van der Waals surface area contributed by atoms with Crippen LogP contribution in [0.1, 0.15) is 5.56 Å². The van der Waals surface area contributed by atoms with Crippen LogP contribution in [0.2, 0.25) is 0 Å². The lowest BCUT2D eigenvalue weighted by Crippen LogP contribution is -2.02. The van der Waals surface area contributed by atoms with E-state index in [0.29, 0.717) is 13.0 Å². The molecule has 5 heteroatoms. The van der Waals surface area contributed by atoms with Gasteiger partial charge in [0.25, 0.3) is 0 Å². The summed E-state index contributed by atoms with van der Waals surface area (Å²) in [7, 11) is 0. The predicted molar refractivity (Wildman–Crippen MR) is 73.5 cm³/mol. The third-order valence-electron chi connectivity index (χ3n) is 2.71. The van der Waals surface area contributed by atoms with Crippen molar-refractivity contribution in [2.24, 2.45) is 5.73 Å². The van der Waals surface area contributed by atoms with E-state index in [4.69, 9.17) is 5.73 Å². The van der Waals surface area contributed by atoms with E-state index >= 15 is 0 Å². The van der Waals surface area contributed by atoms with Gasteiger partial charge in [-0.2, -0.15) is 0 Å². The van der Waals surface area contributed by atoms with E-state index in [1.165, 1.54) is 6.07 Å². The first kappa shape index (κ1) is 15.4. The molecule has 0 unspecified atom stereocenters. The summed E-state index contributed by atoms with van der Waals surface area (Å²) in [5.41, 5.74) is 6.64. The van der Waals surface area contributed by atoms with Crippen LogP contribution in [0.5, 0.6) is 5.75 Å². The molecule has 0 amide bonds. The van der Waals surface area contributed by atoms with Crippen LogP contribution in [0.3, 0.4) is 0 Å². The van der Waals surface area contributed by atoms with Crippen LogP contribution in [-0.2, 0) is 6.42 Å². The molecule has 2 aromatic rings. The van der Waals surface area contributed by atoms with Gasteiger partial charge in [0.05, 0.1) is 0 Å². The van der Waals surface area contributed by atoms with Crippen molar-refractivity contribution in [1.29, 1.82) is 0 Å². The summed E-state index contributed by atoms with van der Waals surface area (Å²) < 4.78 is 26.8. The number of benzene rings is 2. The average Bonchev–Trinajstić information content (AvgIpc) is 2.35. The maximum atomic E-state index is 13.7. The molecular weight excluding hydrogens is 272 g/mol. The lowest BCUT2D eigenvalue weighted by atomic mass is 10.00. The van der Waals surface area contributed by atoms with Gasteiger partial charge in [-0.25, -0.2) is 8.78 Å². The molecule has 2 rings (SSSR count). The first-order valence-electron chi connectivity index (χ1n) is 5.59. The van der Waals surface area contributed by atoms with Crippen molar-refractivity contribution in [3.8, 4) is 16.9 Å². The fraction of sp³-hybridized carbons (Fsp3) is 0.143. The summed E-state index contributed by atoms with van der Waals surface area (Å²) in [6.07, 6.45) is 0.615. The van der Waals surface area contributed by atoms with Crippen molar-refractivity contribution >= 4 is 12.4 Å². The lowest BCUT2D eigenvalue weighted by Gasteiger charge is -2.09. The Hall–Kier alpha value is -1.65. The van der Waals surface area contributed by atoms with E-state index in [0.717, 1.165) is 23.8 Å². The quantitative estimate of drug-likeness (QED) is 0.909. The minimum atomic E-state index is -0.573. The molecule has 2 nitrogen and oxygen atoms in total. The van der Waals surface area contributed by atoms with E-state index in [9.17, 15) is 13.9 Å². The van der Waals surface area contributed by atoms with Gasteiger partial charge < -0.3 is 10.8 Å². The molecular formula is C14H14ClF2NO. The molecule has 0 aliphatic heterocycles. The molecule has 0 saturated heterocycles. The molecule has 0 fully saturated rings. The van der Waals surface area contributed by atoms with Crippen LogP contribution >= 0.6 is 12.4 Å². The first-order chi connectivity index (χ1) is 8.61. The van der Waals surface area contributed by atoms with Gasteiger partial charge in [0.2, 0.25) is 0 Å².